The first-order valence-electron chi connectivity index (χ1n) is 10.7. The lowest BCUT2D eigenvalue weighted by molar-refractivity contribution is -0.129. The van der Waals surface area contributed by atoms with Crippen LogP contribution in [0.15, 0.2) is 78.9 Å². The summed E-state index contributed by atoms with van der Waals surface area (Å²) in [7, 11) is 0. The molecular formula is C26H25N3O2. The molecule has 2 amide bonds. The van der Waals surface area contributed by atoms with Crippen LogP contribution in [0, 0.1) is 5.92 Å². The molecule has 5 heteroatoms. The summed E-state index contributed by atoms with van der Waals surface area (Å²) in [5.74, 6) is -0.311. The maximum Gasteiger partial charge on any atom is 0.229 e. The highest BCUT2D eigenvalue weighted by atomic mass is 16.2. The minimum absolute atomic E-state index is 0.0837. The molecule has 31 heavy (non-hydrogen) atoms. The van der Waals surface area contributed by atoms with Crippen molar-refractivity contribution in [2.75, 3.05) is 17.2 Å². The molecule has 1 saturated heterocycles. The Morgan fingerprint density at radius 1 is 0.742 bits per heavy atom. The maximum atomic E-state index is 12.8. The number of carbonyl (C=O) groups excluding carboxylic acids is 2. The fourth-order valence-electron chi connectivity index (χ4n) is 4.59. The van der Waals surface area contributed by atoms with E-state index in [1.165, 1.54) is 11.1 Å². The number of benzene rings is 3. The maximum absolute atomic E-state index is 12.8. The molecule has 1 aliphatic carbocycles. The number of rotatable bonds is 5. The molecule has 0 bridgehead atoms. The van der Waals surface area contributed by atoms with E-state index in [0.29, 0.717) is 6.54 Å². The van der Waals surface area contributed by atoms with Gasteiger partial charge in [0.15, 0.2) is 0 Å². The zero-order valence-electron chi connectivity index (χ0n) is 17.3. The normalized spacial score (nSPS) is 18.1. The van der Waals surface area contributed by atoms with Gasteiger partial charge in [0, 0.05) is 36.1 Å². The van der Waals surface area contributed by atoms with E-state index in [0.717, 1.165) is 29.9 Å². The van der Waals surface area contributed by atoms with Crippen molar-refractivity contribution in [3.63, 3.8) is 0 Å². The van der Waals surface area contributed by atoms with Crippen molar-refractivity contribution >= 4 is 28.9 Å². The standard InChI is InChI=1S/C26H25N3O2/c30-25-16-20(17-29(25)24-14-18-6-4-5-7-19(18)15-24)26(31)28-23-12-10-22(11-13-23)27-21-8-2-1-3-9-21/h1-13,20,24,27H,14-17H2,(H,28,31). The monoisotopic (exact) mass is 411 g/mol. The van der Waals surface area contributed by atoms with Crippen LogP contribution in [0.2, 0.25) is 0 Å². The second-order valence-electron chi connectivity index (χ2n) is 8.34. The Hall–Kier alpha value is -3.60. The van der Waals surface area contributed by atoms with Crippen molar-refractivity contribution in [2.45, 2.75) is 25.3 Å². The SMILES string of the molecule is O=C(Nc1ccc(Nc2ccccc2)cc1)C1CC(=O)N(C2Cc3ccccc3C2)C1. The van der Waals surface area contributed by atoms with Crippen molar-refractivity contribution in [1.82, 2.24) is 4.90 Å². The van der Waals surface area contributed by atoms with Gasteiger partial charge in [-0.1, -0.05) is 42.5 Å². The predicted octanol–water partition coefficient (Wildman–Crippen LogP) is 4.38. The average Bonchev–Trinajstić information content (AvgIpc) is 3.39. The van der Waals surface area contributed by atoms with Gasteiger partial charge in [-0.2, -0.15) is 0 Å². The zero-order valence-corrected chi connectivity index (χ0v) is 17.3. The van der Waals surface area contributed by atoms with E-state index in [9.17, 15) is 9.59 Å². The van der Waals surface area contributed by atoms with Crippen molar-refractivity contribution < 1.29 is 9.59 Å². The van der Waals surface area contributed by atoms with Crippen molar-refractivity contribution in [3.8, 4) is 0 Å². The molecule has 2 N–H and O–H groups in total. The summed E-state index contributed by atoms with van der Waals surface area (Å²) in [6, 6.07) is 26.1. The van der Waals surface area contributed by atoms with Crippen LogP contribution in [-0.2, 0) is 22.4 Å². The molecule has 3 aromatic carbocycles. The fraction of sp³-hybridized carbons (Fsp3) is 0.231. The molecule has 0 spiro atoms. The predicted molar refractivity (Wildman–Crippen MR) is 122 cm³/mol. The summed E-state index contributed by atoms with van der Waals surface area (Å²) < 4.78 is 0. The van der Waals surface area contributed by atoms with Gasteiger partial charge in [-0.05, 0) is 60.4 Å². The highest BCUT2D eigenvalue weighted by Crippen LogP contribution is 2.30. The molecule has 2 aliphatic rings. The molecule has 1 aliphatic heterocycles. The Labute approximate surface area is 182 Å². The Kier molecular flexibility index (Phi) is 5.16. The number of carbonyl (C=O) groups is 2. The van der Waals surface area contributed by atoms with Gasteiger partial charge in [-0.25, -0.2) is 0 Å². The van der Waals surface area contributed by atoms with Gasteiger partial charge in [0.05, 0.1) is 5.92 Å². The molecule has 156 valence electrons. The number of anilines is 3. The topological polar surface area (TPSA) is 61.4 Å². The molecule has 0 aromatic heterocycles. The molecule has 0 radical (unpaired) electrons. The minimum Gasteiger partial charge on any atom is -0.356 e. The van der Waals surface area contributed by atoms with Gasteiger partial charge in [-0.3, -0.25) is 9.59 Å². The van der Waals surface area contributed by atoms with Crippen molar-refractivity contribution in [3.05, 3.63) is 90.0 Å². The molecular weight excluding hydrogens is 386 g/mol. The van der Waals surface area contributed by atoms with Crippen LogP contribution >= 0.6 is 0 Å². The van der Waals surface area contributed by atoms with Gasteiger partial charge in [-0.15, -0.1) is 0 Å². The second kappa shape index (κ2) is 8.26. The molecule has 1 heterocycles. The molecule has 3 aromatic rings. The van der Waals surface area contributed by atoms with E-state index >= 15 is 0 Å². The smallest absolute Gasteiger partial charge is 0.229 e. The third-order valence-corrected chi connectivity index (χ3v) is 6.21. The Bertz CT molecular complexity index is 1070. The van der Waals surface area contributed by atoms with E-state index in [2.05, 4.69) is 22.8 Å². The van der Waals surface area contributed by atoms with Crippen LogP contribution in [0.25, 0.3) is 0 Å². The van der Waals surface area contributed by atoms with Crippen LogP contribution in [0.5, 0.6) is 0 Å². The Morgan fingerprint density at radius 2 is 1.32 bits per heavy atom. The molecule has 1 atom stereocenters. The van der Waals surface area contributed by atoms with Crippen LogP contribution in [-0.4, -0.2) is 29.3 Å². The van der Waals surface area contributed by atoms with E-state index in [1.807, 2.05) is 71.6 Å². The lowest BCUT2D eigenvalue weighted by Gasteiger charge is -2.24. The molecule has 5 rings (SSSR count). The molecule has 5 nitrogen and oxygen atoms in total. The first-order valence-corrected chi connectivity index (χ1v) is 10.7. The lowest BCUT2D eigenvalue weighted by atomic mass is 10.1. The first kappa shape index (κ1) is 19.4. The Balaban J connectivity index is 1.18. The number of fused-ring (bicyclic) bond motifs is 1. The third-order valence-electron chi connectivity index (χ3n) is 6.21. The fourth-order valence-corrected chi connectivity index (χ4v) is 4.59. The Morgan fingerprint density at radius 3 is 2.00 bits per heavy atom. The third kappa shape index (κ3) is 4.17. The van der Waals surface area contributed by atoms with E-state index in [4.69, 9.17) is 0 Å². The van der Waals surface area contributed by atoms with Gasteiger partial charge >= 0.3 is 0 Å². The summed E-state index contributed by atoms with van der Waals surface area (Å²) in [4.78, 5) is 27.4. The van der Waals surface area contributed by atoms with E-state index in [-0.39, 0.29) is 30.2 Å². The number of nitrogens with one attached hydrogen (secondary N) is 2. The van der Waals surface area contributed by atoms with Crippen LogP contribution in [0.4, 0.5) is 17.1 Å². The molecule has 1 unspecified atom stereocenters. The van der Waals surface area contributed by atoms with Crippen LogP contribution in [0.1, 0.15) is 17.5 Å². The number of nitrogens with zero attached hydrogens (tertiary/aromatic N) is 1. The number of likely N-dealkylation sites (tertiary alicyclic amines) is 1. The van der Waals surface area contributed by atoms with E-state index < -0.39 is 0 Å². The summed E-state index contributed by atoms with van der Waals surface area (Å²) in [5, 5.41) is 6.30. The summed E-state index contributed by atoms with van der Waals surface area (Å²) in [6.07, 6.45) is 2.05. The average molecular weight is 412 g/mol. The summed E-state index contributed by atoms with van der Waals surface area (Å²) >= 11 is 0. The lowest BCUT2D eigenvalue weighted by Crippen LogP contribution is -2.38. The van der Waals surface area contributed by atoms with E-state index in [1.54, 1.807) is 0 Å². The van der Waals surface area contributed by atoms with Crippen LogP contribution in [0.3, 0.4) is 0 Å². The zero-order chi connectivity index (χ0) is 21.2. The highest BCUT2D eigenvalue weighted by molar-refractivity contribution is 5.97. The highest BCUT2D eigenvalue weighted by Gasteiger charge is 2.39. The summed E-state index contributed by atoms with van der Waals surface area (Å²) in [5.41, 5.74) is 5.34. The number of hydrogen-bond donors (Lipinski definition) is 2. The minimum atomic E-state index is -0.307. The summed E-state index contributed by atoms with van der Waals surface area (Å²) in [6.45, 7) is 0.497. The van der Waals surface area contributed by atoms with Gasteiger partial charge in [0.25, 0.3) is 0 Å². The molecule has 0 saturated carbocycles. The number of hydrogen-bond acceptors (Lipinski definition) is 3. The van der Waals surface area contributed by atoms with Crippen molar-refractivity contribution in [1.29, 1.82) is 0 Å². The van der Waals surface area contributed by atoms with Crippen LogP contribution < -0.4 is 10.6 Å². The second-order valence-corrected chi connectivity index (χ2v) is 8.34. The number of amides is 2. The van der Waals surface area contributed by atoms with Gasteiger partial charge in [0.2, 0.25) is 11.8 Å². The van der Waals surface area contributed by atoms with Gasteiger partial charge < -0.3 is 15.5 Å². The number of para-hydroxylation sites is 1. The molecule has 1 fully saturated rings. The largest absolute Gasteiger partial charge is 0.356 e. The van der Waals surface area contributed by atoms with Gasteiger partial charge in [0.1, 0.15) is 0 Å². The quantitative estimate of drug-likeness (QED) is 0.655. The first-order chi connectivity index (χ1) is 15.2. The van der Waals surface area contributed by atoms with Crippen molar-refractivity contribution in [2.24, 2.45) is 5.92 Å².